The van der Waals surface area contributed by atoms with E-state index in [1.807, 2.05) is 6.07 Å². The molecule has 0 aliphatic carbocycles. The molecule has 0 bridgehead atoms. The van der Waals surface area contributed by atoms with Gasteiger partial charge in [0.1, 0.15) is 12.1 Å². The van der Waals surface area contributed by atoms with E-state index in [2.05, 4.69) is 56.9 Å². The predicted molar refractivity (Wildman–Crippen MR) is 142 cm³/mol. The number of anilines is 1. The van der Waals surface area contributed by atoms with Gasteiger partial charge in [0, 0.05) is 70.4 Å². The fraction of sp³-hybridized carbons (Fsp3) is 0.444. The normalized spacial score (nSPS) is 19.4. The van der Waals surface area contributed by atoms with E-state index in [-0.39, 0.29) is 30.2 Å². The monoisotopic (exact) mass is 500 g/mol. The van der Waals surface area contributed by atoms with Crippen LogP contribution >= 0.6 is 0 Å². The van der Waals surface area contributed by atoms with Gasteiger partial charge in [-0.2, -0.15) is 10.4 Å². The highest BCUT2D eigenvalue weighted by molar-refractivity contribution is 5.88. The van der Waals surface area contributed by atoms with Crippen molar-refractivity contribution >= 4 is 27.8 Å². The zero-order chi connectivity index (χ0) is 26.1. The molecule has 192 valence electrons. The second-order valence-electron chi connectivity index (χ2n) is 9.76. The zero-order valence-corrected chi connectivity index (χ0v) is 21.7. The minimum Gasteiger partial charge on any atom is -0.385 e. The summed E-state index contributed by atoms with van der Waals surface area (Å²) in [5, 5.41) is 13.9. The maximum absolute atomic E-state index is 12.9. The van der Waals surface area contributed by atoms with Crippen LogP contribution in [0.4, 0.5) is 5.69 Å². The maximum Gasteiger partial charge on any atom is 0.252 e. The Labute approximate surface area is 215 Å². The first-order valence-corrected chi connectivity index (χ1v) is 12.6. The zero-order valence-electron chi connectivity index (χ0n) is 21.7. The molecule has 4 heterocycles. The minimum atomic E-state index is -0.0924. The number of ether oxygens (including phenoxy) is 1. The Kier molecular flexibility index (Phi) is 6.91. The highest BCUT2D eigenvalue weighted by Crippen LogP contribution is 2.34. The van der Waals surface area contributed by atoms with Crippen molar-refractivity contribution in [2.45, 2.75) is 44.9 Å². The van der Waals surface area contributed by atoms with Gasteiger partial charge in [-0.1, -0.05) is 6.07 Å². The number of aryl methyl sites for hydroxylation is 1. The van der Waals surface area contributed by atoms with Gasteiger partial charge < -0.3 is 14.2 Å². The van der Waals surface area contributed by atoms with E-state index in [9.17, 15) is 10.1 Å². The van der Waals surface area contributed by atoms with E-state index >= 15 is 0 Å². The predicted octanol–water partition coefficient (Wildman–Crippen LogP) is 2.88. The van der Waals surface area contributed by atoms with Gasteiger partial charge in [-0.3, -0.25) is 24.3 Å². The van der Waals surface area contributed by atoms with Crippen LogP contribution in [0.15, 0.2) is 47.7 Å². The first kappa shape index (κ1) is 24.9. The second kappa shape index (κ2) is 10.3. The number of pyridine rings is 1. The molecule has 0 N–H and O–H groups in total. The Hall–Kier alpha value is -3.81. The van der Waals surface area contributed by atoms with Crippen molar-refractivity contribution in [3.8, 4) is 6.07 Å². The molecule has 0 saturated carbocycles. The number of hydrogen-bond donors (Lipinski definition) is 0. The fourth-order valence-electron chi connectivity index (χ4n) is 5.44. The molecule has 1 saturated heterocycles. The van der Waals surface area contributed by atoms with Gasteiger partial charge >= 0.3 is 0 Å². The maximum atomic E-state index is 12.9. The van der Waals surface area contributed by atoms with Gasteiger partial charge in [0.05, 0.1) is 34.5 Å². The van der Waals surface area contributed by atoms with E-state index in [0.717, 1.165) is 47.3 Å². The van der Waals surface area contributed by atoms with Gasteiger partial charge in [0.25, 0.3) is 5.56 Å². The van der Waals surface area contributed by atoms with Crippen LogP contribution in [0.3, 0.4) is 0 Å². The molecule has 0 amide bonds. The van der Waals surface area contributed by atoms with Crippen molar-refractivity contribution < 1.29 is 4.74 Å². The van der Waals surface area contributed by atoms with Crippen molar-refractivity contribution in [1.29, 1.82) is 5.26 Å². The number of hydrogen-bond acceptors (Lipinski definition) is 8. The lowest BCUT2D eigenvalue weighted by Gasteiger charge is -2.48. The lowest BCUT2D eigenvalue weighted by Crippen LogP contribution is -2.58. The lowest BCUT2D eigenvalue weighted by molar-refractivity contribution is 0.100. The number of benzene rings is 1. The summed E-state index contributed by atoms with van der Waals surface area (Å²) in [5.74, 6) is 0. The molecule has 10 nitrogen and oxygen atoms in total. The van der Waals surface area contributed by atoms with E-state index in [4.69, 9.17) is 4.74 Å². The summed E-state index contributed by atoms with van der Waals surface area (Å²) in [7, 11) is 3.46. The number of piperazine rings is 1. The van der Waals surface area contributed by atoms with Gasteiger partial charge in [-0.15, -0.1) is 0 Å². The smallest absolute Gasteiger partial charge is 0.252 e. The Balaban J connectivity index is 1.50. The molecule has 4 aromatic rings. The quantitative estimate of drug-likeness (QED) is 0.381. The summed E-state index contributed by atoms with van der Waals surface area (Å²) in [6, 6.07) is 10.6. The third-order valence-corrected chi connectivity index (χ3v) is 7.50. The summed E-state index contributed by atoms with van der Waals surface area (Å²) in [6.45, 7) is 6.74. The number of rotatable bonds is 7. The Morgan fingerprint density at radius 3 is 2.73 bits per heavy atom. The molecule has 1 aliphatic heterocycles. The first-order chi connectivity index (χ1) is 17.9. The molecule has 1 aliphatic rings. The van der Waals surface area contributed by atoms with E-state index in [1.54, 1.807) is 48.1 Å². The molecule has 10 heteroatoms. The number of nitriles is 1. The van der Waals surface area contributed by atoms with Crippen LogP contribution < -0.4 is 10.5 Å². The van der Waals surface area contributed by atoms with E-state index in [0.29, 0.717) is 6.61 Å². The Morgan fingerprint density at radius 1 is 1.19 bits per heavy atom. The molecular weight excluding hydrogens is 468 g/mol. The van der Waals surface area contributed by atoms with Crippen LogP contribution in [0.2, 0.25) is 0 Å². The van der Waals surface area contributed by atoms with Crippen molar-refractivity contribution in [3.63, 3.8) is 0 Å². The molecule has 0 radical (unpaired) electrons. The van der Waals surface area contributed by atoms with Crippen LogP contribution in [0.25, 0.3) is 22.1 Å². The molecule has 3 atom stereocenters. The van der Waals surface area contributed by atoms with Crippen LogP contribution in [0.5, 0.6) is 0 Å². The highest BCUT2D eigenvalue weighted by atomic mass is 16.5. The SMILES string of the molecule is COCC[C@H]1CN(C(C)c2ccc3nccnc3c2)[C@H](C)CN1c1cc(=O)n(C)c2cn(CC#N)nc12. The third kappa shape index (κ3) is 4.68. The molecule has 1 aromatic carbocycles. The van der Waals surface area contributed by atoms with E-state index < -0.39 is 0 Å². The Bertz CT molecular complexity index is 1520. The van der Waals surface area contributed by atoms with Gasteiger partial charge in [0.15, 0.2) is 0 Å². The van der Waals surface area contributed by atoms with Crippen molar-refractivity contribution in [2.75, 3.05) is 31.7 Å². The Morgan fingerprint density at radius 2 is 1.97 bits per heavy atom. The molecule has 1 unspecified atom stereocenters. The molecule has 3 aromatic heterocycles. The van der Waals surface area contributed by atoms with Gasteiger partial charge in [0.2, 0.25) is 0 Å². The number of fused-ring (bicyclic) bond motifs is 2. The molecule has 37 heavy (non-hydrogen) atoms. The number of methoxy groups -OCH3 is 1. The minimum absolute atomic E-state index is 0.0924. The van der Waals surface area contributed by atoms with Crippen LogP contribution in [-0.4, -0.2) is 68.1 Å². The largest absolute Gasteiger partial charge is 0.385 e. The first-order valence-electron chi connectivity index (χ1n) is 12.6. The van der Waals surface area contributed by atoms with Crippen LogP contribution in [0.1, 0.15) is 31.9 Å². The molecular formula is C27H32N8O2. The van der Waals surface area contributed by atoms with Gasteiger partial charge in [-0.05, 0) is 38.0 Å². The average Bonchev–Trinajstić information content (AvgIpc) is 3.33. The number of nitrogens with zero attached hydrogens (tertiary/aromatic N) is 8. The van der Waals surface area contributed by atoms with Crippen molar-refractivity contribution in [2.24, 2.45) is 7.05 Å². The molecule has 1 fully saturated rings. The van der Waals surface area contributed by atoms with Crippen molar-refractivity contribution in [1.82, 2.24) is 29.2 Å². The summed E-state index contributed by atoms with van der Waals surface area (Å²) in [5.41, 5.74) is 5.17. The third-order valence-electron chi connectivity index (χ3n) is 7.50. The number of aromatic nitrogens is 5. The topological polar surface area (TPSA) is 105 Å². The van der Waals surface area contributed by atoms with Gasteiger partial charge in [-0.25, -0.2) is 0 Å². The van der Waals surface area contributed by atoms with Crippen LogP contribution in [0, 0.1) is 11.3 Å². The van der Waals surface area contributed by atoms with E-state index in [1.165, 1.54) is 5.56 Å². The summed E-state index contributed by atoms with van der Waals surface area (Å²) < 4.78 is 8.66. The standard InChI is InChI=1S/C27H32N8O2/c1-18-15-35(24-14-26(36)32(3)25-17-33(11-8-28)31-27(24)25)21(7-12-37-4)16-34(18)19(2)20-5-6-22-23(13-20)30-10-9-29-22/h5-6,9-10,13-14,17-19,21H,7,11-12,15-16H2,1-4H3/t18-,19?,21+/m1/s1. The molecule has 5 rings (SSSR count). The highest BCUT2D eigenvalue weighted by Gasteiger charge is 2.36. The second-order valence-corrected chi connectivity index (χ2v) is 9.76. The summed E-state index contributed by atoms with van der Waals surface area (Å²) in [4.78, 5) is 26.6. The summed E-state index contributed by atoms with van der Waals surface area (Å²) >= 11 is 0. The van der Waals surface area contributed by atoms with Crippen LogP contribution in [-0.2, 0) is 18.3 Å². The lowest BCUT2D eigenvalue weighted by atomic mass is 9.98. The van der Waals surface area contributed by atoms with Crippen molar-refractivity contribution in [3.05, 3.63) is 58.8 Å². The summed E-state index contributed by atoms with van der Waals surface area (Å²) in [6.07, 6.45) is 6.02. The average molecular weight is 501 g/mol. The molecule has 0 spiro atoms. The fourth-order valence-corrected chi connectivity index (χ4v) is 5.44.